The number of aromatic carboxylic acids is 1. The summed E-state index contributed by atoms with van der Waals surface area (Å²) in [6, 6.07) is 0. The van der Waals surface area contributed by atoms with Gasteiger partial charge >= 0.3 is 5.97 Å². The Labute approximate surface area is 103 Å². The van der Waals surface area contributed by atoms with Crippen LogP contribution in [0.2, 0.25) is 0 Å². The number of carboxylic acid groups (broad SMARTS) is 1. The van der Waals surface area contributed by atoms with Crippen LogP contribution < -0.4 is 0 Å². The zero-order chi connectivity index (χ0) is 12.6. The predicted octanol–water partition coefficient (Wildman–Crippen LogP) is 2.34. The van der Waals surface area contributed by atoms with Crippen LogP contribution in [0.25, 0.3) is 11.3 Å². The van der Waals surface area contributed by atoms with Crippen molar-refractivity contribution in [3.05, 3.63) is 21.8 Å². The first kappa shape index (κ1) is 11.8. The number of aromatic nitrogens is 3. The zero-order valence-corrected chi connectivity index (χ0v) is 10.7. The van der Waals surface area contributed by atoms with Crippen molar-refractivity contribution in [1.82, 2.24) is 14.8 Å². The normalized spacial score (nSPS) is 10.8. The lowest BCUT2D eigenvalue weighted by atomic mass is 10.1. The molecule has 1 N–H and O–H groups in total. The van der Waals surface area contributed by atoms with Gasteiger partial charge in [0, 0.05) is 23.2 Å². The Morgan fingerprint density at radius 3 is 2.71 bits per heavy atom. The summed E-state index contributed by atoms with van der Waals surface area (Å²) >= 11 is 1.14. The van der Waals surface area contributed by atoms with E-state index in [1.54, 1.807) is 5.38 Å². The van der Waals surface area contributed by atoms with Gasteiger partial charge < -0.3 is 5.11 Å². The molecule has 0 aliphatic rings. The molecule has 0 atom stereocenters. The van der Waals surface area contributed by atoms with E-state index in [0.717, 1.165) is 34.8 Å². The first-order chi connectivity index (χ1) is 8.04. The first-order valence-electron chi connectivity index (χ1n) is 5.27. The number of carbonyl (C=O) groups is 1. The molecule has 5 nitrogen and oxygen atoms in total. The summed E-state index contributed by atoms with van der Waals surface area (Å²) in [4.78, 5) is 14.9. The highest BCUT2D eigenvalue weighted by molar-refractivity contribution is 7.11. The van der Waals surface area contributed by atoms with E-state index in [1.807, 2.05) is 25.5 Å². The molecule has 0 saturated heterocycles. The van der Waals surface area contributed by atoms with E-state index in [-0.39, 0.29) is 5.01 Å². The lowest BCUT2D eigenvalue weighted by Gasteiger charge is -1.99. The van der Waals surface area contributed by atoms with Gasteiger partial charge in [0.05, 0.1) is 11.4 Å². The summed E-state index contributed by atoms with van der Waals surface area (Å²) in [6.07, 6.45) is 0. The maximum atomic E-state index is 10.8. The first-order valence-corrected chi connectivity index (χ1v) is 6.15. The number of carboxylic acids is 1. The number of aryl methyl sites for hydroxylation is 2. The highest BCUT2D eigenvalue weighted by Crippen LogP contribution is 2.28. The minimum absolute atomic E-state index is 0.114. The van der Waals surface area contributed by atoms with Gasteiger partial charge in [0.1, 0.15) is 0 Å². The third kappa shape index (κ3) is 1.95. The molecule has 2 aromatic heterocycles. The molecule has 6 heteroatoms. The SMILES string of the molecule is CCn1nc(C)c(-c2csc(C(=O)O)n2)c1C. The molecule has 17 heavy (non-hydrogen) atoms. The monoisotopic (exact) mass is 251 g/mol. The van der Waals surface area contributed by atoms with E-state index < -0.39 is 5.97 Å². The quantitative estimate of drug-likeness (QED) is 0.909. The van der Waals surface area contributed by atoms with Gasteiger partial charge in [-0.1, -0.05) is 0 Å². The molecule has 0 unspecified atom stereocenters. The number of thiazole rings is 1. The van der Waals surface area contributed by atoms with Crippen molar-refractivity contribution in [2.24, 2.45) is 0 Å². The van der Waals surface area contributed by atoms with E-state index in [0.29, 0.717) is 5.69 Å². The third-order valence-corrected chi connectivity index (χ3v) is 3.45. The van der Waals surface area contributed by atoms with Crippen LogP contribution in [-0.2, 0) is 6.54 Å². The molecule has 0 aliphatic heterocycles. The molecule has 2 aromatic rings. The van der Waals surface area contributed by atoms with Gasteiger partial charge in [0.25, 0.3) is 0 Å². The summed E-state index contributed by atoms with van der Waals surface area (Å²) < 4.78 is 1.89. The molecule has 0 aromatic carbocycles. The summed E-state index contributed by atoms with van der Waals surface area (Å²) in [7, 11) is 0. The summed E-state index contributed by atoms with van der Waals surface area (Å²) in [5, 5.41) is 15.1. The fourth-order valence-corrected chi connectivity index (χ4v) is 2.51. The highest BCUT2D eigenvalue weighted by atomic mass is 32.1. The van der Waals surface area contributed by atoms with Crippen LogP contribution in [0.5, 0.6) is 0 Å². The fraction of sp³-hybridized carbons (Fsp3) is 0.364. The molecule has 2 heterocycles. The lowest BCUT2D eigenvalue weighted by molar-refractivity contribution is 0.0696. The molecule has 0 amide bonds. The minimum atomic E-state index is -0.987. The van der Waals surface area contributed by atoms with Crippen molar-refractivity contribution in [2.75, 3.05) is 0 Å². The van der Waals surface area contributed by atoms with Crippen molar-refractivity contribution in [2.45, 2.75) is 27.3 Å². The number of hydrogen-bond acceptors (Lipinski definition) is 4. The molecule has 0 spiro atoms. The van der Waals surface area contributed by atoms with Gasteiger partial charge in [-0.05, 0) is 20.8 Å². The van der Waals surface area contributed by atoms with Gasteiger partial charge in [-0.2, -0.15) is 5.10 Å². The topological polar surface area (TPSA) is 68.0 Å². The van der Waals surface area contributed by atoms with E-state index in [4.69, 9.17) is 5.11 Å². The summed E-state index contributed by atoms with van der Waals surface area (Å²) in [6.45, 7) is 6.70. The lowest BCUT2D eigenvalue weighted by Crippen LogP contribution is -1.98. The van der Waals surface area contributed by atoms with Gasteiger partial charge in [0.2, 0.25) is 5.01 Å². The fourth-order valence-electron chi connectivity index (χ4n) is 1.86. The largest absolute Gasteiger partial charge is 0.476 e. The Hall–Kier alpha value is -1.69. The maximum Gasteiger partial charge on any atom is 0.365 e. The van der Waals surface area contributed by atoms with E-state index in [1.165, 1.54) is 0 Å². The maximum absolute atomic E-state index is 10.8. The Bertz CT molecular complexity index is 571. The highest BCUT2D eigenvalue weighted by Gasteiger charge is 2.17. The number of rotatable bonds is 3. The van der Waals surface area contributed by atoms with E-state index in [9.17, 15) is 4.79 Å². The Balaban J connectivity index is 2.52. The van der Waals surface area contributed by atoms with Gasteiger partial charge in [-0.15, -0.1) is 11.3 Å². The Morgan fingerprint density at radius 1 is 1.53 bits per heavy atom. The van der Waals surface area contributed by atoms with Gasteiger partial charge in [-0.25, -0.2) is 9.78 Å². The van der Waals surface area contributed by atoms with Gasteiger partial charge in [-0.3, -0.25) is 4.68 Å². The second kappa shape index (κ2) is 4.29. The van der Waals surface area contributed by atoms with Crippen LogP contribution in [0.15, 0.2) is 5.38 Å². The molecular formula is C11H13N3O2S. The second-order valence-corrected chi connectivity index (χ2v) is 4.56. The molecule has 90 valence electrons. The third-order valence-electron chi connectivity index (χ3n) is 2.62. The van der Waals surface area contributed by atoms with Crippen LogP contribution in [0.1, 0.15) is 28.1 Å². The van der Waals surface area contributed by atoms with Crippen LogP contribution >= 0.6 is 11.3 Å². The van der Waals surface area contributed by atoms with Crippen molar-refractivity contribution in [3.8, 4) is 11.3 Å². The van der Waals surface area contributed by atoms with Crippen LogP contribution in [0.3, 0.4) is 0 Å². The predicted molar refractivity (Wildman–Crippen MR) is 65.4 cm³/mol. The molecule has 0 fully saturated rings. The minimum Gasteiger partial charge on any atom is -0.476 e. The van der Waals surface area contributed by atoms with Crippen LogP contribution in [-0.4, -0.2) is 25.8 Å². The van der Waals surface area contributed by atoms with Crippen molar-refractivity contribution >= 4 is 17.3 Å². The summed E-state index contributed by atoms with van der Waals surface area (Å²) in [5.41, 5.74) is 3.54. The van der Waals surface area contributed by atoms with Crippen molar-refractivity contribution in [1.29, 1.82) is 0 Å². The number of nitrogens with zero attached hydrogens (tertiary/aromatic N) is 3. The molecule has 0 bridgehead atoms. The zero-order valence-electron chi connectivity index (χ0n) is 9.89. The molecule has 0 saturated carbocycles. The number of hydrogen-bond donors (Lipinski definition) is 1. The average molecular weight is 251 g/mol. The van der Waals surface area contributed by atoms with Crippen LogP contribution in [0, 0.1) is 13.8 Å². The van der Waals surface area contributed by atoms with E-state index in [2.05, 4.69) is 10.1 Å². The van der Waals surface area contributed by atoms with Crippen molar-refractivity contribution in [3.63, 3.8) is 0 Å². The van der Waals surface area contributed by atoms with Crippen LogP contribution in [0.4, 0.5) is 0 Å². The standard InChI is InChI=1S/C11H13N3O2S/c1-4-14-7(3)9(6(2)13-14)8-5-17-10(12-8)11(15)16/h5H,4H2,1-3H3,(H,15,16). The van der Waals surface area contributed by atoms with Crippen molar-refractivity contribution < 1.29 is 9.90 Å². The summed E-state index contributed by atoms with van der Waals surface area (Å²) in [5.74, 6) is -0.987. The molecule has 0 aliphatic carbocycles. The molecule has 0 radical (unpaired) electrons. The average Bonchev–Trinajstić information content (AvgIpc) is 2.83. The Morgan fingerprint density at radius 2 is 2.24 bits per heavy atom. The van der Waals surface area contributed by atoms with E-state index >= 15 is 0 Å². The smallest absolute Gasteiger partial charge is 0.365 e. The second-order valence-electron chi connectivity index (χ2n) is 3.70. The van der Waals surface area contributed by atoms with Gasteiger partial charge in [0.15, 0.2) is 0 Å². The molecule has 2 rings (SSSR count). The molecular weight excluding hydrogens is 238 g/mol. The Kier molecular flexibility index (Phi) is 2.97.